The summed E-state index contributed by atoms with van der Waals surface area (Å²) in [5.74, 6) is 5.74. The summed E-state index contributed by atoms with van der Waals surface area (Å²) in [6.45, 7) is 3.00. The van der Waals surface area contributed by atoms with Gasteiger partial charge in [-0.05, 0) is 40.0 Å². The molecule has 0 aliphatic carbocycles. The highest BCUT2D eigenvalue weighted by atomic mass is 79.9. The Balaban J connectivity index is 2.41. The van der Waals surface area contributed by atoms with Crippen molar-refractivity contribution in [2.45, 2.75) is 25.9 Å². The lowest BCUT2D eigenvalue weighted by molar-refractivity contribution is 0.519. The topological polar surface area (TPSA) is 55.9 Å². The molecular weight excluding hydrogens is 372 g/mol. The molecule has 1 heterocycles. The Bertz CT molecular complexity index is 536. The number of nitrogens with one attached hydrogen (secondary N) is 1. The highest BCUT2D eigenvalue weighted by Gasteiger charge is 2.20. The molecule has 3 N–H and O–H groups in total. The van der Waals surface area contributed by atoms with Crippen LogP contribution in [0.15, 0.2) is 39.4 Å². The second kappa shape index (κ2) is 6.65. The first-order valence-electron chi connectivity index (χ1n) is 6.10. The normalized spacial score (nSPS) is 12.6. The molecule has 19 heavy (non-hydrogen) atoms. The number of nitrogens with two attached hydrogens (primary N) is 1. The molecule has 0 aliphatic rings. The molecule has 0 saturated heterocycles. The van der Waals surface area contributed by atoms with Gasteiger partial charge in [0.15, 0.2) is 0 Å². The van der Waals surface area contributed by atoms with E-state index in [1.165, 1.54) is 0 Å². The van der Waals surface area contributed by atoms with Crippen molar-refractivity contribution in [1.29, 1.82) is 0 Å². The van der Waals surface area contributed by atoms with Crippen LogP contribution in [0.25, 0.3) is 0 Å². The van der Waals surface area contributed by atoms with Crippen molar-refractivity contribution in [1.82, 2.24) is 15.2 Å². The van der Waals surface area contributed by atoms with E-state index in [2.05, 4.69) is 49.3 Å². The van der Waals surface area contributed by atoms with E-state index in [-0.39, 0.29) is 6.04 Å². The maximum Gasteiger partial charge on any atom is 0.0889 e. The summed E-state index contributed by atoms with van der Waals surface area (Å²) in [5, 5.41) is 4.38. The van der Waals surface area contributed by atoms with Crippen molar-refractivity contribution in [3.8, 4) is 0 Å². The second-order valence-electron chi connectivity index (χ2n) is 4.25. The van der Waals surface area contributed by atoms with E-state index >= 15 is 0 Å². The van der Waals surface area contributed by atoms with Gasteiger partial charge in [-0.25, -0.2) is 5.43 Å². The molecule has 2 aromatic rings. The van der Waals surface area contributed by atoms with Crippen LogP contribution in [0.2, 0.25) is 0 Å². The van der Waals surface area contributed by atoms with E-state index in [4.69, 9.17) is 5.84 Å². The molecule has 1 unspecified atom stereocenters. The third-order valence-electron chi connectivity index (χ3n) is 2.91. The van der Waals surface area contributed by atoms with Crippen molar-refractivity contribution in [3.63, 3.8) is 0 Å². The summed E-state index contributed by atoms with van der Waals surface area (Å²) < 4.78 is 4.00. The van der Waals surface area contributed by atoms with E-state index < -0.39 is 0 Å². The Kier molecular flexibility index (Phi) is 5.15. The van der Waals surface area contributed by atoms with Crippen LogP contribution in [0.3, 0.4) is 0 Å². The lowest BCUT2D eigenvalue weighted by Crippen LogP contribution is -2.31. The average Bonchev–Trinajstić information content (AvgIpc) is 2.76. The summed E-state index contributed by atoms with van der Waals surface area (Å²) in [6.07, 6.45) is 2.84. The van der Waals surface area contributed by atoms with Crippen LogP contribution >= 0.6 is 31.9 Å². The molecule has 0 saturated carbocycles. The van der Waals surface area contributed by atoms with Crippen LogP contribution in [-0.4, -0.2) is 9.78 Å². The highest BCUT2D eigenvalue weighted by molar-refractivity contribution is 9.10. The molecule has 0 fully saturated rings. The molecule has 1 atom stereocenters. The van der Waals surface area contributed by atoms with Crippen molar-refractivity contribution >= 4 is 31.9 Å². The molecule has 1 aromatic carbocycles. The number of rotatable bonds is 5. The smallest absolute Gasteiger partial charge is 0.0889 e. The zero-order valence-corrected chi connectivity index (χ0v) is 13.8. The quantitative estimate of drug-likeness (QED) is 0.610. The Hall–Kier alpha value is -0.690. The lowest BCUT2D eigenvalue weighted by atomic mass is 10.0. The third-order valence-corrected chi connectivity index (χ3v) is 4.05. The largest absolute Gasteiger partial charge is 0.271 e. The minimum Gasteiger partial charge on any atom is -0.271 e. The summed E-state index contributed by atoms with van der Waals surface area (Å²) >= 11 is 6.99. The molecule has 0 bridgehead atoms. The molecule has 1 aromatic heterocycles. The Morgan fingerprint density at radius 2 is 2.00 bits per heavy atom. The van der Waals surface area contributed by atoms with E-state index in [1.807, 2.05) is 35.1 Å². The number of aromatic nitrogens is 2. The molecule has 0 radical (unpaired) electrons. The average molecular weight is 388 g/mol. The number of halogens is 2. The van der Waals surface area contributed by atoms with Crippen molar-refractivity contribution < 1.29 is 0 Å². The van der Waals surface area contributed by atoms with Crippen molar-refractivity contribution in [2.24, 2.45) is 5.84 Å². The van der Waals surface area contributed by atoms with E-state index in [1.54, 1.807) is 0 Å². The predicted molar refractivity (Wildman–Crippen MR) is 83.5 cm³/mol. The highest BCUT2D eigenvalue weighted by Crippen LogP contribution is 2.29. The summed E-state index contributed by atoms with van der Waals surface area (Å²) in [6, 6.07) is 8.02. The minimum atomic E-state index is -0.0866. The maximum atomic E-state index is 5.74. The number of aryl methyl sites for hydroxylation is 1. The molecule has 0 aliphatic heterocycles. The van der Waals surface area contributed by atoms with Gasteiger partial charge in [0.1, 0.15) is 0 Å². The van der Waals surface area contributed by atoms with E-state index in [9.17, 15) is 0 Å². The number of nitrogens with zero attached hydrogens (tertiary/aromatic N) is 2. The van der Waals surface area contributed by atoms with Gasteiger partial charge in [-0.15, -0.1) is 0 Å². The van der Waals surface area contributed by atoms with Gasteiger partial charge in [0.25, 0.3) is 0 Å². The van der Waals surface area contributed by atoms with Gasteiger partial charge in [0, 0.05) is 11.0 Å². The Morgan fingerprint density at radius 1 is 1.32 bits per heavy atom. The second-order valence-corrected chi connectivity index (χ2v) is 6.02. The number of hydrogen-bond donors (Lipinski definition) is 2. The molecule has 6 heteroatoms. The summed E-state index contributed by atoms with van der Waals surface area (Å²) in [7, 11) is 0. The van der Waals surface area contributed by atoms with Crippen LogP contribution in [0.4, 0.5) is 0 Å². The fourth-order valence-electron chi connectivity index (χ4n) is 2.04. The van der Waals surface area contributed by atoms with Crippen LogP contribution in [0.5, 0.6) is 0 Å². The predicted octanol–water partition coefficient (Wildman–Crippen LogP) is 3.37. The van der Waals surface area contributed by atoms with Crippen molar-refractivity contribution in [3.05, 3.63) is 50.7 Å². The number of hydrogen-bond acceptors (Lipinski definition) is 3. The third kappa shape index (κ3) is 3.25. The summed E-state index contributed by atoms with van der Waals surface area (Å²) in [4.78, 5) is 0. The van der Waals surface area contributed by atoms with Gasteiger partial charge in [-0.1, -0.05) is 35.0 Å². The first kappa shape index (κ1) is 14.7. The van der Waals surface area contributed by atoms with E-state index in [0.29, 0.717) is 0 Å². The molecule has 102 valence electrons. The zero-order valence-electron chi connectivity index (χ0n) is 10.6. The van der Waals surface area contributed by atoms with Crippen LogP contribution < -0.4 is 11.3 Å². The van der Waals surface area contributed by atoms with Crippen molar-refractivity contribution in [2.75, 3.05) is 0 Å². The maximum absolute atomic E-state index is 5.74. The molecule has 2 rings (SSSR count). The Labute approximate surface area is 129 Å². The van der Waals surface area contributed by atoms with Gasteiger partial charge in [0.05, 0.1) is 22.4 Å². The molecule has 4 nitrogen and oxygen atoms in total. The molecular formula is C13H16Br2N4. The fraction of sp³-hybridized carbons (Fsp3) is 0.308. The Morgan fingerprint density at radius 3 is 2.58 bits per heavy atom. The minimum absolute atomic E-state index is 0.0866. The summed E-state index contributed by atoms with van der Waals surface area (Å²) in [5.41, 5.74) is 5.02. The van der Waals surface area contributed by atoms with Gasteiger partial charge in [-0.2, -0.15) is 5.10 Å². The molecule has 0 spiro atoms. The first-order valence-corrected chi connectivity index (χ1v) is 7.68. The zero-order chi connectivity index (χ0) is 13.8. The van der Waals surface area contributed by atoms with Crippen LogP contribution in [0.1, 0.15) is 30.6 Å². The van der Waals surface area contributed by atoms with Gasteiger partial charge in [0.2, 0.25) is 0 Å². The monoisotopic (exact) mass is 386 g/mol. The lowest BCUT2D eigenvalue weighted by Gasteiger charge is -2.19. The number of hydrazine groups is 1. The first-order chi connectivity index (χ1) is 9.17. The van der Waals surface area contributed by atoms with Gasteiger partial charge in [-0.3, -0.25) is 10.5 Å². The molecule has 0 amide bonds. The number of benzene rings is 1. The van der Waals surface area contributed by atoms with Crippen LogP contribution in [0, 0.1) is 0 Å². The van der Waals surface area contributed by atoms with Crippen LogP contribution in [-0.2, 0) is 6.54 Å². The van der Waals surface area contributed by atoms with Gasteiger partial charge < -0.3 is 0 Å². The fourth-order valence-corrected chi connectivity index (χ4v) is 2.83. The van der Waals surface area contributed by atoms with E-state index in [0.717, 1.165) is 33.2 Å². The standard InChI is InChI=1S/C13H16Br2N4/c1-2-7-19-13(11(15)8-17-19)12(18-16)9-3-5-10(14)6-4-9/h3-6,8,12,18H,2,7,16H2,1H3. The van der Waals surface area contributed by atoms with Gasteiger partial charge >= 0.3 is 0 Å². The SMILES string of the molecule is CCCn1ncc(Br)c1C(NN)c1ccc(Br)cc1.